The summed E-state index contributed by atoms with van der Waals surface area (Å²) >= 11 is 0. The molecular formula is C7H11NO4S. The maximum Gasteiger partial charge on any atom is 0.328 e. The second kappa shape index (κ2) is 2.45. The zero-order chi connectivity index (χ0) is 9.69. The first-order chi connectivity index (χ1) is 6.04. The van der Waals surface area contributed by atoms with Gasteiger partial charge in [0.2, 0.25) is 10.0 Å². The molecule has 6 heteroatoms. The standard InChI is InChI=1S/C7H11NO4S/c1-12-6(9)7-4-5(7)2-3-8-13(7,10)11/h5,8H,2-4H2,1H3. The summed E-state index contributed by atoms with van der Waals surface area (Å²) in [5, 5.41) is 0. The molecule has 2 fully saturated rings. The molecule has 13 heavy (non-hydrogen) atoms. The van der Waals surface area contributed by atoms with Crippen molar-refractivity contribution in [1.29, 1.82) is 0 Å². The Labute approximate surface area is 76.5 Å². The summed E-state index contributed by atoms with van der Waals surface area (Å²) < 4.78 is 28.7. The monoisotopic (exact) mass is 205 g/mol. The predicted molar refractivity (Wildman–Crippen MR) is 44.4 cm³/mol. The molecule has 0 spiro atoms. The summed E-state index contributed by atoms with van der Waals surface area (Å²) in [6, 6.07) is 0. The van der Waals surface area contributed by atoms with Crippen molar-refractivity contribution in [2.75, 3.05) is 13.7 Å². The van der Waals surface area contributed by atoms with Gasteiger partial charge in [0.1, 0.15) is 0 Å². The highest BCUT2D eigenvalue weighted by Gasteiger charge is 2.71. The lowest BCUT2D eigenvalue weighted by Gasteiger charge is -2.20. The summed E-state index contributed by atoms with van der Waals surface area (Å²) in [6.45, 7) is 0.436. The summed E-state index contributed by atoms with van der Waals surface area (Å²) in [5.41, 5.74) is 0. The van der Waals surface area contributed by atoms with E-state index in [1.807, 2.05) is 0 Å². The van der Waals surface area contributed by atoms with Gasteiger partial charge in [-0.25, -0.2) is 13.1 Å². The van der Waals surface area contributed by atoms with Crippen LogP contribution >= 0.6 is 0 Å². The van der Waals surface area contributed by atoms with E-state index in [1.165, 1.54) is 7.11 Å². The molecule has 2 atom stereocenters. The molecule has 1 N–H and O–H groups in total. The summed E-state index contributed by atoms with van der Waals surface area (Å²) in [4.78, 5) is 11.3. The Bertz CT molecular complexity index is 350. The van der Waals surface area contributed by atoms with Gasteiger partial charge in [0.05, 0.1) is 7.11 Å². The van der Waals surface area contributed by atoms with Gasteiger partial charge >= 0.3 is 5.97 Å². The van der Waals surface area contributed by atoms with E-state index in [9.17, 15) is 13.2 Å². The fourth-order valence-electron chi connectivity index (χ4n) is 2.00. The van der Waals surface area contributed by atoms with Crippen LogP contribution in [0.15, 0.2) is 0 Å². The van der Waals surface area contributed by atoms with Crippen LogP contribution in [0.5, 0.6) is 0 Å². The van der Waals surface area contributed by atoms with E-state index >= 15 is 0 Å². The Kier molecular flexibility index (Phi) is 1.69. The minimum absolute atomic E-state index is 0.0359. The Hall–Kier alpha value is -0.620. The van der Waals surface area contributed by atoms with E-state index in [1.54, 1.807) is 0 Å². The molecule has 0 amide bonds. The zero-order valence-electron chi connectivity index (χ0n) is 7.24. The van der Waals surface area contributed by atoms with Crippen LogP contribution in [0.2, 0.25) is 0 Å². The molecule has 1 aliphatic carbocycles. The zero-order valence-corrected chi connectivity index (χ0v) is 8.06. The van der Waals surface area contributed by atoms with Crippen LogP contribution in [-0.2, 0) is 19.6 Å². The van der Waals surface area contributed by atoms with E-state index in [4.69, 9.17) is 0 Å². The largest absolute Gasteiger partial charge is 0.468 e. The summed E-state index contributed by atoms with van der Waals surface area (Å²) in [7, 11) is -2.27. The van der Waals surface area contributed by atoms with Gasteiger partial charge in [0.15, 0.2) is 4.75 Å². The number of rotatable bonds is 1. The Morgan fingerprint density at radius 2 is 2.31 bits per heavy atom. The first-order valence-corrected chi connectivity index (χ1v) is 5.60. The van der Waals surface area contributed by atoms with E-state index < -0.39 is 20.7 Å². The third-order valence-electron chi connectivity index (χ3n) is 2.84. The van der Waals surface area contributed by atoms with Crippen molar-refractivity contribution in [3.8, 4) is 0 Å². The lowest BCUT2D eigenvalue weighted by atomic mass is 10.2. The van der Waals surface area contributed by atoms with Crippen molar-refractivity contribution in [1.82, 2.24) is 4.72 Å². The number of carbonyl (C=O) groups excluding carboxylic acids is 1. The topological polar surface area (TPSA) is 72.5 Å². The molecule has 0 aromatic heterocycles. The highest BCUT2D eigenvalue weighted by molar-refractivity contribution is 7.92. The molecule has 5 nitrogen and oxygen atoms in total. The fraction of sp³-hybridized carbons (Fsp3) is 0.857. The van der Waals surface area contributed by atoms with Gasteiger partial charge in [0, 0.05) is 6.54 Å². The molecule has 2 unspecified atom stereocenters. The fourth-order valence-corrected chi connectivity index (χ4v) is 3.92. The molecule has 0 radical (unpaired) electrons. The van der Waals surface area contributed by atoms with Crippen molar-refractivity contribution in [2.45, 2.75) is 17.6 Å². The number of ether oxygens (including phenoxy) is 1. The van der Waals surface area contributed by atoms with Crippen LogP contribution in [0, 0.1) is 5.92 Å². The molecule has 1 saturated heterocycles. The van der Waals surface area contributed by atoms with Crippen LogP contribution in [0.25, 0.3) is 0 Å². The van der Waals surface area contributed by atoms with Gasteiger partial charge < -0.3 is 4.74 Å². The number of methoxy groups -OCH3 is 1. The summed E-state index contributed by atoms with van der Waals surface area (Å²) in [6.07, 6.45) is 1.14. The van der Waals surface area contributed by atoms with Gasteiger partial charge in [-0.15, -0.1) is 0 Å². The van der Waals surface area contributed by atoms with Gasteiger partial charge in [-0.2, -0.15) is 0 Å². The first-order valence-electron chi connectivity index (χ1n) is 4.12. The van der Waals surface area contributed by atoms with E-state index in [0.29, 0.717) is 13.0 Å². The number of hydrogen-bond acceptors (Lipinski definition) is 4. The third kappa shape index (κ3) is 0.955. The van der Waals surface area contributed by atoms with E-state index in [2.05, 4.69) is 9.46 Å². The molecule has 1 saturated carbocycles. The van der Waals surface area contributed by atoms with Crippen LogP contribution in [0.1, 0.15) is 12.8 Å². The Balaban J connectivity index is 2.38. The van der Waals surface area contributed by atoms with E-state index in [-0.39, 0.29) is 5.92 Å². The number of sulfonamides is 1. The van der Waals surface area contributed by atoms with Crippen molar-refractivity contribution in [2.24, 2.45) is 5.92 Å². The third-order valence-corrected chi connectivity index (χ3v) is 5.05. The number of nitrogens with one attached hydrogen (secondary N) is 1. The second-order valence-corrected chi connectivity index (χ2v) is 5.49. The molecule has 1 heterocycles. The van der Waals surface area contributed by atoms with Crippen LogP contribution < -0.4 is 4.72 Å². The van der Waals surface area contributed by atoms with Crippen molar-refractivity contribution < 1.29 is 17.9 Å². The van der Waals surface area contributed by atoms with Gasteiger partial charge in [-0.1, -0.05) is 0 Å². The van der Waals surface area contributed by atoms with Crippen LogP contribution in [-0.4, -0.2) is 32.8 Å². The van der Waals surface area contributed by atoms with Gasteiger partial charge in [0.25, 0.3) is 0 Å². The van der Waals surface area contributed by atoms with Gasteiger partial charge in [-0.3, -0.25) is 4.79 Å². The highest BCUT2D eigenvalue weighted by Crippen LogP contribution is 2.54. The average molecular weight is 205 g/mol. The molecule has 0 bridgehead atoms. The SMILES string of the molecule is COC(=O)C12CC1CCNS2(=O)=O. The Morgan fingerprint density at radius 1 is 1.62 bits per heavy atom. The molecule has 74 valence electrons. The minimum Gasteiger partial charge on any atom is -0.468 e. The number of hydrogen-bond donors (Lipinski definition) is 1. The van der Waals surface area contributed by atoms with Crippen molar-refractivity contribution in [3.63, 3.8) is 0 Å². The lowest BCUT2D eigenvalue weighted by molar-refractivity contribution is -0.141. The van der Waals surface area contributed by atoms with Crippen LogP contribution in [0.3, 0.4) is 0 Å². The van der Waals surface area contributed by atoms with E-state index in [0.717, 1.165) is 6.42 Å². The predicted octanol–water partition coefficient (Wildman–Crippen LogP) is -0.759. The maximum absolute atomic E-state index is 11.5. The van der Waals surface area contributed by atoms with Crippen molar-refractivity contribution >= 4 is 16.0 Å². The highest BCUT2D eigenvalue weighted by atomic mass is 32.2. The van der Waals surface area contributed by atoms with Gasteiger partial charge in [-0.05, 0) is 18.8 Å². The average Bonchev–Trinajstić information content (AvgIpc) is 2.79. The summed E-state index contributed by atoms with van der Waals surface area (Å²) in [5.74, 6) is -0.657. The maximum atomic E-state index is 11.5. The molecule has 2 aliphatic rings. The minimum atomic E-state index is -3.48. The normalized spacial score (nSPS) is 40.5. The molecule has 0 aromatic rings. The first kappa shape index (κ1) is 8.96. The molecule has 0 aromatic carbocycles. The van der Waals surface area contributed by atoms with Crippen LogP contribution in [0.4, 0.5) is 0 Å². The number of carbonyl (C=O) groups is 1. The number of esters is 1. The smallest absolute Gasteiger partial charge is 0.328 e. The quantitative estimate of drug-likeness (QED) is 0.571. The molecular weight excluding hydrogens is 194 g/mol. The van der Waals surface area contributed by atoms with Crippen molar-refractivity contribution in [3.05, 3.63) is 0 Å². The second-order valence-electron chi connectivity index (χ2n) is 3.47. The lowest BCUT2D eigenvalue weighted by Crippen LogP contribution is -2.47. The molecule has 2 rings (SSSR count). The Morgan fingerprint density at radius 3 is 2.85 bits per heavy atom. The molecule has 1 aliphatic heterocycles. The number of fused-ring (bicyclic) bond motifs is 1.